The molecule has 0 aliphatic heterocycles. The Hall–Kier alpha value is -2.30. The highest BCUT2D eigenvalue weighted by molar-refractivity contribution is 5.83. The Kier molecular flexibility index (Phi) is 3.59. The molecule has 5 heteroatoms. The smallest absolute Gasteiger partial charge is 0.243 e. The van der Waals surface area contributed by atoms with Gasteiger partial charge in [-0.05, 0) is 38.3 Å². The van der Waals surface area contributed by atoms with Crippen molar-refractivity contribution in [2.24, 2.45) is 0 Å². The van der Waals surface area contributed by atoms with Crippen molar-refractivity contribution in [3.05, 3.63) is 58.4 Å². The van der Waals surface area contributed by atoms with E-state index in [9.17, 15) is 8.78 Å². The van der Waals surface area contributed by atoms with Gasteiger partial charge in [0.15, 0.2) is 5.65 Å². The van der Waals surface area contributed by atoms with E-state index < -0.39 is 6.43 Å². The van der Waals surface area contributed by atoms with Crippen molar-refractivity contribution in [3.8, 4) is 0 Å². The summed E-state index contributed by atoms with van der Waals surface area (Å²) in [7, 11) is 0. The monoisotopic (exact) mass is 327 g/mol. The average Bonchev–Trinajstić information content (AvgIpc) is 3.35. The number of nitrogens with zero attached hydrogens (tertiary/aromatic N) is 3. The third-order valence-electron chi connectivity index (χ3n) is 4.61. The number of alkyl halides is 2. The molecule has 0 unspecified atom stereocenters. The lowest BCUT2D eigenvalue weighted by molar-refractivity contribution is 0.153. The van der Waals surface area contributed by atoms with Crippen LogP contribution in [0.2, 0.25) is 0 Å². The lowest BCUT2D eigenvalue weighted by atomic mass is 10.1. The van der Waals surface area contributed by atoms with E-state index in [4.69, 9.17) is 0 Å². The zero-order valence-corrected chi connectivity index (χ0v) is 13.8. The van der Waals surface area contributed by atoms with Crippen molar-refractivity contribution in [1.29, 1.82) is 0 Å². The molecule has 1 aliphatic carbocycles. The molecule has 4 rings (SSSR count). The Balaban J connectivity index is 1.84. The Labute approximate surface area is 139 Å². The van der Waals surface area contributed by atoms with Crippen LogP contribution in [0.5, 0.6) is 0 Å². The highest BCUT2D eigenvalue weighted by Crippen LogP contribution is 2.41. The summed E-state index contributed by atoms with van der Waals surface area (Å²) in [6.07, 6.45) is -0.442. The number of hydrogen-bond donors (Lipinski definition) is 0. The average molecular weight is 327 g/mol. The van der Waals surface area contributed by atoms with E-state index >= 15 is 0 Å². The Morgan fingerprint density at radius 3 is 2.50 bits per heavy atom. The number of benzene rings is 1. The molecule has 0 spiro atoms. The zero-order valence-electron chi connectivity index (χ0n) is 13.8. The molecule has 0 saturated heterocycles. The molecule has 3 nitrogen and oxygen atoms in total. The molecule has 0 N–H and O–H groups in total. The maximum absolute atomic E-state index is 13.6. The summed E-state index contributed by atoms with van der Waals surface area (Å²) in [4.78, 5) is 4.68. The van der Waals surface area contributed by atoms with E-state index in [1.807, 2.05) is 31.2 Å². The van der Waals surface area contributed by atoms with E-state index in [0.717, 1.165) is 24.1 Å². The Morgan fingerprint density at radius 1 is 1.17 bits per heavy atom. The number of rotatable bonds is 4. The van der Waals surface area contributed by atoms with Gasteiger partial charge in [-0.3, -0.25) is 0 Å². The van der Waals surface area contributed by atoms with Gasteiger partial charge in [0.2, 0.25) is 0 Å². The molecule has 1 aromatic carbocycles. The summed E-state index contributed by atoms with van der Waals surface area (Å²) in [5, 5.41) is 4.99. The summed E-state index contributed by atoms with van der Waals surface area (Å²) >= 11 is 0. The van der Waals surface area contributed by atoms with Gasteiger partial charge in [-0.2, -0.15) is 5.10 Å². The standard InChI is InChI=1S/C19H19F2N3/c1-11-3-5-13(6-4-11)10-24-19-17(12(2)23-24)15(18(20)21)9-16(22-19)14-7-8-14/h3-6,9,14,18H,7-8,10H2,1-2H3. The minimum absolute atomic E-state index is 0.0644. The topological polar surface area (TPSA) is 30.7 Å². The van der Waals surface area contributed by atoms with Gasteiger partial charge in [0, 0.05) is 17.2 Å². The van der Waals surface area contributed by atoms with Crippen molar-refractivity contribution in [2.75, 3.05) is 0 Å². The lowest BCUT2D eigenvalue weighted by Gasteiger charge is -2.08. The van der Waals surface area contributed by atoms with Crippen molar-refractivity contribution >= 4 is 11.0 Å². The fourth-order valence-electron chi connectivity index (χ4n) is 3.14. The van der Waals surface area contributed by atoms with Crippen LogP contribution in [0.3, 0.4) is 0 Å². The number of aromatic nitrogens is 3. The highest BCUT2D eigenvalue weighted by atomic mass is 19.3. The second kappa shape index (κ2) is 5.65. The van der Waals surface area contributed by atoms with Crippen LogP contribution in [0.15, 0.2) is 30.3 Å². The first kappa shape index (κ1) is 15.2. The van der Waals surface area contributed by atoms with Gasteiger partial charge >= 0.3 is 0 Å². The first-order valence-electron chi connectivity index (χ1n) is 8.24. The van der Waals surface area contributed by atoms with E-state index in [-0.39, 0.29) is 5.56 Å². The molecule has 0 radical (unpaired) electrons. The van der Waals surface area contributed by atoms with E-state index in [1.165, 1.54) is 5.56 Å². The van der Waals surface area contributed by atoms with Crippen molar-refractivity contribution < 1.29 is 8.78 Å². The van der Waals surface area contributed by atoms with Crippen LogP contribution < -0.4 is 0 Å². The van der Waals surface area contributed by atoms with Crippen molar-refractivity contribution in [1.82, 2.24) is 14.8 Å². The molecular formula is C19H19F2N3. The third-order valence-corrected chi connectivity index (χ3v) is 4.61. The van der Waals surface area contributed by atoms with Gasteiger partial charge in [0.25, 0.3) is 6.43 Å². The van der Waals surface area contributed by atoms with Crippen LogP contribution in [0.4, 0.5) is 8.78 Å². The zero-order chi connectivity index (χ0) is 16.8. The van der Waals surface area contributed by atoms with Crippen molar-refractivity contribution in [3.63, 3.8) is 0 Å². The number of pyridine rings is 1. The normalized spacial score (nSPS) is 14.7. The maximum Gasteiger partial charge on any atom is 0.264 e. The van der Waals surface area contributed by atoms with Crippen LogP contribution in [0.1, 0.15) is 53.3 Å². The van der Waals surface area contributed by atoms with Gasteiger partial charge in [0.05, 0.1) is 17.6 Å². The molecule has 124 valence electrons. The van der Waals surface area contributed by atoms with Gasteiger partial charge < -0.3 is 0 Å². The molecule has 3 aromatic rings. The quantitative estimate of drug-likeness (QED) is 0.681. The second-order valence-electron chi connectivity index (χ2n) is 6.64. The molecule has 0 bridgehead atoms. The Morgan fingerprint density at radius 2 is 1.88 bits per heavy atom. The molecular weight excluding hydrogens is 308 g/mol. The molecule has 2 aromatic heterocycles. The molecule has 24 heavy (non-hydrogen) atoms. The number of fused-ring (bicyclic) bond motifs is 1. The SMILES string of the molecule is Cc1ccc(Cn2nc(C)c3c(C(F)F)cc(C4CC4)nc32)cc1. The van der Waals surface area contributed by atoms with Gasteiger partial charge in [0.1, 0.15) is 0 Å². The first-order valence-corrected chi connectivity index (χ1v) is 8.24. The van der Waals surface area contributed by atoms with Crippen LogP contribution in [-0.2, 0) is 6.54 Å². The maximum atomic E-state index is 13.6. The van der Waals surface area contributed by atoms with Crippen LogP contribution in [0, 0.1) is 13.8 Å². The van der Waals surface area contributed by atoms with Gasteiger partial charge in [-0.1, -0.05) is 29.8 Å². The highest BCUT2D eigenvalue weighted by Gasteiger charge is 2.29. The second-order valence-corrected chi connectivity index (χ2v) is 6.64. The minimum Gasteiger partial charge on any atom is -0.243 e. The Bertz CT molecular complexity index is 893. The number of hydrogen-bond acceptors (Lipinski definition) is 2. The van der Waals surface area contributed by atoms with E-state index in [2.05, 4.69) is 10.1 Å². The largest absolute Gasteiger partial charge is 0.264 e. The van der Waals surface area contributed by atoms with Crippen LogP contribution in [-0.4, -0.2) is 14.8 Å². The molecule has 1 saturated carbocycles. The summed E-state index contributed by atoms with van der Waals surface area (Å²) in [6, 6.07) is 9.74. The molecule has 0 atom stereocenters. The van der Waals surface area contributed by atoms with E-state index in [0.29, 0.717) is 29.2 Å². The minimum atomic E-state index is -2.51. The summed E-state index contributed by atoms with van der Waals surface area (Å²) in [6.45, 7) is 4.35. The van der Waals surface area contributed by atoms with Crippen LogP contribution >= 0.6 is 0 Å². The molecule has 0 amide bonds. The number of halogens is 2. The lowest BCUT2D eigenvalue weighted by Crippen LogP contribution is -2.04. The first-order chi connectivity index (χ1) is 11.5. The summed E-state index contributed by atoms with van der Waals surface area (Å²) < 4.78 is 28.9. The summed E-state index contributed by atoms with van der Waals surface area (Å²) in [5.74, 6) is 0.329. The fourth-order valence-corrected chi connectivity index (χ4v) is 3.14. The van der Waals surface area contributed by atoms with E-state index in [1.54, 1.807) is 17.7 Å². The predicted molar refractivity (Wildman–Crippen MR) is 89.5 cm³/mol. The summed E-state index contributed by atoms with van der Waals surface area (Å²) in [5.41, 5.74) is 4.31. The molecule has 2 heterocycles. The van der Waals surface area contributed by atoms with Gasteiger partial charge in [-0.15, -0.1) is 0 Å². The third kappa shape index (κ3) is 2.68. The van der Waals surface area contributed by atoms with Gasteiger partial charge in [-0.25, -0.2) is 18.4 Å². The number of aryl methyl sites for hydroxylation is 2. The predicted octanol–water partition coefficient (Wildman–Crippen LogP) is 4.91. The van der Waals surface area contributed by atoms with Crippen LogP contribution in [0.25, 0.3) is 11.0 Å². The fraction of sp³-hybridized carbons (Fsp3) is 0.368. The molecule has 1 aliphatic rings. The molecule has 1 fully saturated rings. The van der Waals surface area contributed by atoms with Crippen molar-refractivity contribution in [2.45, 2.75) is 45.6 Å².